The van der Waals surface area contributed by atoms with Gasteiger partial charge in [0.2, 0.25) is 5.91 Å². The van der Waals surface area contributed by atoms with Crippen molar-refractivity contribution in [1.29, 1.82) is 0 Å². The lowest BCUT2D eigenvalue weighted by atomic mass is 10.0. The highest BCUT2D eigenvalue weighted by Crippen LogP contribution is 2.18. The van der Waals surface area contributed by atoms with E-state index >= 15 is 0 Å². The van der Waals surface area contributed by atoms with E-state index in [0.29, 0.717) is 17.9 Å². The summed E-state index contributed by atoms with van der Waals surface area (Å²) < 4.78 is 15.8. The molecule has 192 valence electrons. The van der Waals surface area contributed by atoms with Crippen molar-refractivity contribution in [3.63, 3.8) is 0 Å². The van der Waals surface area contributed by atoms with Gasteiger partial charge in [-0.3, -0.25) is 9.59 Å². The molecule has 36 heavy (non-hydrogen) atoms. The molecule has 1 N–H and O–H groups in total. The molecule has 0 aliphatic carbocycles. The summed E-state index contributed by atoms with van der Waals surface area (Å²) in [6.07, 6.45) is 3.30. The Kier molecular flexibility index (Phi) is 10.7. The highest BCUT2D eigenvalue weighted by molar-refractivity contribution is 7.99. The lowest BCUT2D eigenvalue weighted by Gasteiger charge is -2.31. The summed E-state index contributed by atoms with van der Waals surface area (Å²) >= 11 is 1.40. The number of thioether (sulfide) groups is 1. The van der Waals surface area contributed by atoms with Crippen LogP contribution >= 0.6 is 11.8 Å². The number of ketones is 1. The van der Waals surface area contributed by atoms with E-state index < -0.39 is 12.1 Å². The SMILES string of the molecule is CC(C)CCC(=O)N(NC(=O)OCc1ccco1)C(Cc1ccccc1)C(=O)CSCc1ccco1. The molecule has 0 saturated carbocycles. The number of benzene rings is 1. The normalized spacial score (nSPS) is 11.8. The number of amides is 2. The number of carbonyl (C=O) groups is 3. The van der Waals surface area contributed by atoms with Gasteiger partial charge >= 0.3 is 6.09 Å². The number of rotatable bonds is 13. The van der Waals surface area contributed by atoms with Crippen molar-refractivity contribution in [2.45, 2.75) is 51.5 Å². The van der Waals surface area contributed by atoms with E-state index in [4.69, 9.17) is 13.6 Å². The van der Waals surface area contributed by atoms with Crippen LogP contribution in [0.4, 0.5) is 4.79 Å². The van der Waals surface area contributed by atoms with Crippen molar-refractivity contribution in [3.05, 3.63) is 84.2 Å². The number of nitrogens with one attached hydrogen (secondary N) is 1. The number of Topliss-reactive ketones (excluding diaryl/α,β-unsaturated/α-hetero) is 1. The highest BCUT2D eigenvalue weighted by atomic mass is 32.2. The third-order valence-corrected chi connectivity index (χ3v) is 6.34. The standard InChI is InChI=1S/C27H32N2O6S/c1-20(2)12-13-26(31)29(28-27(32)35-17-22-10-6-14-33-22)24(16-21-8-4-3-5-9-21)25(30)19-36-18-23-11-7-15-34-23/h3-11,14-15,20,24H,12-13,16-19H2,1-2H3,(H,28,32). The van der Waals surface area contributed by atoms with E-state index in [9.17, 15) is 14.4 Å². The van der Waals surface area contributed by atoms with E-state index in [2.05, 4.69) is 5.43 Å². The first-order chi connectivity index (χ1) is 17.4. The second-order valence-electron chi connectivity index (χ2n) is 8.71. The van der Waals surface area contributed by atoms with Crippen LogP contribution in [0.5, 0.6) is 0 Å². The van der Waals surface area contributed by atoms with Gasteiger partial charge in [-0.15, -0.1) is 11.8 Å². The van der Waals surface area contributed by atoms with Crippen LogP contribution in [0, 0.1) is 5.92 Å². The van der Waals surface area contributed by atoms with Gasteiger partial charge in [-0.05, 0) is 42.2 Å². The van der Waals surface area contributed by atoms with E-state index in [1.54, 1.807) is 24.5 Å². The molecular weight excluding hydrogens is 480 g/mol. The van der Waals surface area contributed by atoms with Gasteiger partial charge in [-0.25, -0.2) is 15.2 Å². The third kappa shape index (κ3) is 8.96. The Labute approximate surface area is 215 Å². The molecule has 9 heteroatoms. The molecule has 0 bridgehead atoms. The minimum absolute atomic E-state index is 0.0941. The van der Waals surface area contributed by atoms with Crippen LogP contribution < -0.4 is 5.43 Å². The molecule has 1 atom stereocenters. The van der Waals surface area contributed by atoms with Crippen LogP contribution in [-0.4, -0.2) is 34.6 Å². The maximum atomic E-state index is 13.4. The molecule has 0 saturated heterocycles. The molecule has 0 fully saturated rings. The molecule has 3 aromatic rings. The van der Waals surface area contributed by atoms with Crippen molar-refractivity contribution < 1.29 is 28.0 Å². The number of hydrazine groups is 1. The average molecular weight is 513 g/mol. The van der Waals surface area contributed by atoms with E-state index in [0.717, 1.165) is 16.3 Å². The van der Waals surface area contributed by atoms with Gasteiger partial charge in [0.05, 0.1) is 24.0 Å². The lowest BCUT2D eigenvalue weighted by Crippen LogP contribution is -2.56. The van der Waals surface area contributed by atoms with Gasteiger partial charge in [0.1, 0.15) is 17.6 Å². The first kappa shape index (κ1) is 27.1. The summed E-state index contributed by atoms with van der Waals surface area (Å²) in [7, 11) is 0. The molecular formula is C27H32N2O6S. The number of nitrogens with zero attached hydrogens (tertiary/aromatic N) is 1. The number of ether oxygens (including phenoxy) is 1. The quantitative estimate of drug-likeness (QED) is 0.306. The zero-order chi connectivity index (χ0) is 25.8. The monoisotopic (exact) mass is 512 g/mol. The van der Waals surface area contributed by atoms with Crippen molar-refractivity contribution in [1.82, 2.24) is 10.4 Å². The van der Waals surface area contributed by atoms with Gasteiger partial charge in [-0.1, -0.05) is 44.2 Å². The van der Waals surface area contributed by atoms with Crippen LogP contribution in [0.3, 0.4) is 0 Å². The fraction of sp³-hybridized carbons (Fsp3) is 0.370. The molecule has 0 radical (unpaired) electrons. The van der Waals surface area contributed by atoms with Gasteiger partial charge in [-0.2, -0.15) is 0 Å². The van der Waals surface area contributed by atoms with Crippen molar-refractivity contribution in [2.24, 2.45) is 5.92 Å². The number of carbonyl (C=O) groups excluding carboxylic acids is 3. The summed E-state index contributed by atoms with van der Waals surface area (Å²) in [6, 6.07) is 15.5. The minimum atomic E-state index is -0.896. The number of hydrogen-bond acceptors (Lipinski definition) is 7. The Balaban J connectivity index is 1.76. The fourth-order valence-corrected chi connectivity index (χ4v) is 4.30. The zero-order valence-corrected chi connectivity index (χ0v) is 21.4. The average Bonchev–Trinajstić information content (AvgIpc) is 3.58. The Bertz CT molecular complexity index is 1070. The largest absolute Gasteiger partial charge is 0.468 e. The van der Waals surface area contributed by atoms with Gasteiger partial charge in [0.15, 0.2) is 12.4 Å². The smallest absolute Gasteiger partial charge is 0.426 e. The van der Waals surface area contributed by atoms with Crippen LogP contribution in [0.1, 0.15) is 43.8 Å². The van der Waals surface area contributed by atoms with E-state index in [1.807, 2.05) is 50.2 Å². The molecule has 0 aliphatic heterocycles. The lowest BCUT2D eigenvalue weighted by molar-refractivity contribution is -0.142. The first-order valence-corrected chi connectivity index (χ1v) is 13.0. The Morgan fingerprint density at radius 2 is 1.67 bits per heavy atom. The third-order valence-electron chi connectivity index (χ3n) is 5.37. The summed E-state index contributed by atoms with van der Waals surface area (Å²) in [5.41, 5.74) is 3.41. The number of furan rings is 2. The maximum Gasteiger partial charge on any atom is 0.426 e. The molecule has 1 aromatic carbocycles. The summed E-state index contributed by atoms with van der Waals surface area (Å²) in [5, 5.41) is 1.15. The van der Waals surface area contributed by atoms with E-state index in [-0.39, 0.29) is 42.8 Å². The molecule has 0 spiro atoms. The molecule has 2 amide bonds. The molecule has 2 aromatic heterocycles. The maximum absolute atomic E-state index is 13.4. The molecule has 8 nitrogen and oxygen atoms in total. The predicted octanol–water partition coefficient (Wildman–Crippen LogP) is 5.39. The Morgan fingerprint density at radius 3 is 2.31 bits per heavy atom. The second-order valence-corrected chi connectivity index (χ2v) is 9.69. The fourth-order valence-electron chi connectivity index (χ4n) is 3.44. The van der Waals surface area contributed by atoms with E-state index in [1.165, 1.54) is 18.0 Å². The first-order valence-electron chi connectivity index (χ1n) is 11.9. The van der Waals surface area contributed by atoms with Gasteiger partial charge in [0, 0.05) is 12.8 Å². The Hall–Kier alpha value is -3.46. The molecule has 1 unspecified atom stereocenters. The molecule has 3 rings (SSSR count). The second kappa shape index (κ2) is 14.2. The van der Waals surface area contributed by atoms with Crippen LogP contribution in [0.25, 0.3) is 0 Å². The predicted molar refractivity (Wildman–Crippen MR) is 137 cm³/mol. The summed E-state index contributed by atoms with van der Waals surface area (Å²) in [5.74, 6) is 1.66. The van der Waals surface area contributed by atoms with Crippen molar-refractivity contribution in [3.8, 4) is 0 Å². The zero-order valence-electron chi connectivity index (χ0n) is 20.6. The van der Waals surface area contributed by atoms with Crippen molar-refractivity contribution in [2.75, 3.05) is 5.75 Å². The summed E-state index contributed by atoms with van der Waals surface area (Å²) in [6.45, 7) is 3.93. The highest BCUT2D eigenvalue weighted by Gasteiger charge is 2.32. The molecule has 0 aliphatic rings. The van der Waals surface area contributed by atoms with Gasteiger partial charge in [0.25, 0.3) is 0 Å². The van der Waals surface area contributed by atoms with Gasteiger partial charge < -0.3 is 13.6 Å². The van der Waals surface area contributed by atoms with Crippen molar-refractivity contribution >= 4 is 29.5 Å². The minimum Gasteiger partial charge on any atom is -0.468 e. The number of hydrogen-bond donors (Lipinski definition) is 1. The Morgan fingerprint density at radius 1 is 0.972 bits per heavy atom. The van der Waals surface area contributed by atoms with Crippen LogP contribution in [0.2, 0.25) is 0 Å². The van der Waals surface area contributed by atoms with Crippen LogP contribution in [0.15, 0.2) is 76.0 Å². The topological polar surface area (TPSA) is 102 Å². The van der Waals surface area contributed by atoms with Crippen LogP contribution in [-0.2, 0) is 33.1 Å². The molecule has 2 heterocycles. The summed E-state index contributed by atoms with van der Waals surface area (Å²) in [4.78, 5) is 39.4.